The van der Waals surface area contributed by atoms with Gasteiger partial charge in [0, 0.05) is 16.6 Å². The summed E-state index contributed by atoms with van der Waals surface area (Å²) in [6, 6.07) is 2.08. The molecule has 1 unspecified atom stereocenters. The van der Waals surface area contributed by atoms with Gasteiger partial charge in [-0.05, 0) is 37.1 Å². The molecule has 0 aliphatic carbocycles. The van der Waals surface area contributed by atoms with Gasteiger partial charge in [-0.25, -0.2) is 0 Å². The second-order valence-electron chi connectivity index (χ2n) is 4.75. The van der Waals surface area contributed by atoms with Crippen LogP contribution in [0.1, 0.15) is 42.6 Å². The number of benzene rings is 1. The number of aliphatic hydroxyl groups is 1. The minimum Gasteiger partial charge on any atom is -0.496 e. The molecule has 0 aliphatic rings. The van der Waals surface area contributed by atoms with Crippen molar-refractivity contribution in [1.29, 1.82) is 0 Å². The highest BCUT2D eigenvalue weighted by Gasteiger charge is 2.22. The molecule has 18 heavy (non-hydrogen) atoms. The molecule has 0 heterocycles. The maximum atomic E-state index is 10.3. The summed E-state index contributed by atoms with van der Waals surface area (Å²) >= 11 is 3.56. The molecule has 0 amide bonds. The van der Waals surface area contributed by atoms with Crippen LogP contribution in [0.2, 0.25) is 0 Å². The minimum absolute atomic E-state index is 0.345. The van der Waals surface area contributed by atoms with Crippen LogP contribution < -0.4 is 10.1 Å². The maximum absolute atomic E-state index is 10.3. The van der Waals surface area contributed by atoms with Gasteiger partial charge in [-0.3, -0.25) is 0 Å². The van der Waals surface area contributed by atoms with Crippen LogP contribution in [0.5, 0.6) is 5.75 Å². The average Bonchev–Trinajstić information content (AvgIpc) is 2.31. The van der Waals surface area contributed by atoms with E-state index in [-0.39, 0.29) is 0 Å². The highest BCUT2D eigenvalue weighted by atomic mass is 79.9. The second-order valence-corrected chi connectivity index (χ2v) is 5.60. The van der Waals surface area contributed by atoms with Gasteiger partial charge in [0.2, 0.25) is 0 Å². The van der Waals surface area contributed by atoms with Gasteiger partial charge in [0.1, 0.15) is 5.75 Å². The molecule has 0 bridgehead atoms. The van der Waals surface area contributed by atoms with Gasteiger partial charge in [0.15, 0.2) is 0 Å². The van der Waals surface area contributed by atoms with Crippen molar-refractivity contribution < 1.29 is 9.84 Å². The standard InChI is InChI=1S/C14H22BrNO2/c1-8(2)10-6-11(15)9(3)13(14(10)18-5)12(17)7-16-4/h6,8,12,16-17H,7H2,1-5H3. The van der Waals surface area contributed by atoms with E-state index in [0.29, 0.717) is 12.5 Å². The Hall–Kier alpha value is -0.580. The van der Waals surface area contributed by atoms with Crippen molar-refractivity contribution in [1.82, 2.24) is 5.32 Å². The van der Waals surface area contributed by atoms with Crippen LogP contribution in [0.25, 0.3) is 0 Å². The number of ether oxygens (including phenoxy) is 1. The molecule has 1 rings (SSSR count). The van der Waals surface area contributed by atoms with Gasteiger partial charge in [-0.15, -0.1) is 0 Å². The van der Waals surface area contributed by atoms with Crippen LogP contribution in [-0.4, -0.2) is 25.8 Å². The third-order valence-electron chi connectivity index (χ3n) is 3.11. The predicted octanol–water partition coefficient (Wildman–Crippen LogP) is 3.14. The highest BCUT2D eigenvalue weighted by molar-refractivity contribution is 9.10. The first-order chi connectivity index (χ1) is 8.43. The Bertz CT molecular complexity index is 419. The lowest BCUT2D eigenvalue weighted by Crippen LogP contribution is -2.19. The summed E-state index contributed by atoms with van der Waals surface area (Å²) in [6.45, 7) is 6.73. The lowest BCUT2D eigenvalue weighted by Gasteiger charge is -2.22. The van der Waals surface area contributed by atoms with Gasteiger partial charge < -0.3 is 15.2 Å². The number of rotatable bonds is 5. The fourth-order valence-electron chi connectivity index (χ4n) is 2.12. The van der Waals surface area contributed by atoms with Crippen molar-refractivity contribution in [3.8, 4) is 5.75 Å². The fourth-order valence-corrected chi connectivity index (χ4v) is 2.58. The topological polar surface area (TPSA) is 41.5 Å². The van der Waals surface area contributed by atoms with E-state index >= 15 is 0 Å². The van der Waals surface area contributed by atoms with Crippen LogP contribution in [0, 0.1) is 6.92 Å². The van der Waals surface area contributed by atoms with Gasteiger partial charge in [-0.2, -0.15) is 0 Å². The van der Waals surface area contributed by atoms with Crippen molar-refractivity contribution in [2.75, 3.05) is 20.7 Å². The normalized spacial score (nSPS) is 12.9. The first-order valence-electron chi connectivity index (χ1n) is 6.13. The Labute approximate surface area is 118 Å². The number of halogens is 1. The molecule has 1 atom stereocenters. The molecule has 3 nitrogen and oxygen atoms in total. The third kappa shape index (κ3) is 3.05. The van der Waals surface area contributed by atoms with Gasteiger partial charge in [0.05, 0.1) is 13.2 Å². The molecule has 0 aromatic heterocycles. The summed E-state index contributed by atoms with van der Waals surface area (Å²) < 4.78 is 6.54. The first kappa shape index (κ1) is 15.5. The molecule has 2 N–H and O–H groups in total. The van der Waals surface area contributed by atoms with Crippen LogP contribution >= 0.6 is 15.9 Å². The van der Waals surface area contributed by atoms with Crippen LogP contribution in [-0.2, 0) is 0 Å². The molecule has 0 saturated heterocycles. The van der Waals surface area contributed by atoms with E-state index in [4.69, 9.17) is 4.74 Å². The Morgan fingerprint density at radius 2 is 2.06 bits per heavy atom. The van der Waals surface area contributed by atoms with E-state index in [9.17, 15) is 5.11 Å². The summed E-state index contributed by atoms with van der Waals surface area (Å²) in [7, 11) is 3.48. The van der Waals surface area contributed by atoms with Crippen LogP contribution in [0.4, 0.5) is 0 Å². The number of hydrogen-bond donors (Lipinski definition) is 2. The molecule has 0 saturated carbocycles. The van der Waals surface area contributed by atoms with Gasteiger partial charge in [-0.1, -0.05) is 29.8 Å². The molecule has 0 fully saturated rings. The quantitative estimate of drug-likeness (QED) is 0.877. The Morgan fingerprint density at radius 1 is 1.44 bits per heavy atom. The van der Waals surface area contributed by atoms with Crippen LogP contribution in [0.15, 0.2) is 10.5 Å². The Morgan fingerprint density at radius 3 is 2.50 bits per heavy atom. The van der Waals surface area contributed by atoms with Crippen molar-refractivity contribution in [2.24, 2.45) is 0 Å². The average molecular weight is 316 g/mol. The summed E-state index contributed by atoms with van der Waals surface area (Å²) in [5, 5.41) is 13.3. The molecule has 0 radical (unpaired) electrons. The van der Waals surface area contributed by atoms with E-state index in [2.05, 4.69) is 41.2 Å². The Kier molecular flexibility index (Phi) is 5.63. The van der Waals surface area contributed by atoms with Crippen molar-refractivity contribution in [3.05, 3.63) is 27.2 Å². The van der Waals surface area contributed by atoms with Crippen molar-refractivity contribution >= 4 is 15.9 Å². The van der Waals surface area contributed by atoms with Crippen molar-refractivity contribution in [2.45, 2.75) is 32.8 Å². The molecular weight excluding hydrogens is 294 g/mol. The summed E-state index contributed by atoms with van der Waals surface area (Å²) in [6.07, 6.45) is -0.569. The smallest absolute Gasteiger partial charge is 0.128 e. The molecule has 102 valence electrons. The maximum Gasteiger partial charge on any atom is 0.128 e. The molecule has 0 spiro atoms. The SMILES string of the molecule is CNCC(O)c1c(C)c(Br)cc(C(C)C)c1OC. The molecule has 1 aromatic carbocycles. The van der Waals surface area contributed by atoms with Gasteiger partial charge in [0.25, 0.3) is 0 Å². The largest absolute Gasteiger partial charge is 0.496 e. The number of likely N-dealkylation sites (N-methyl/N-ethyl adjacent to an activating group) is 1. The fraction of sp³-hybridized carbons (Fsp3) is 0.571. The second kappa shape index (κ2) is 6.55. The number of aliphatic hydroxyl groups excluding tert-OH is 1. The zero-order valence-corrected chi connectivity index (χ0v) is 13.3. The predicted molar refractivity (Wildman–Crippen MR) is 78.4 cm³/mol. The summed E-state index contributed by atoms with van der Waals surface area (Å²) in [5.41, 5.74) is 3.00. The van der Waals surface area contributed by atoms with E-state index in [1.54, 1.807) is 7.11 Å². The molecule has 1 aromatic rings. The van der Waals surface area contributed by atoms with E-state index in [1.807, 2.05) is 14.0 Å². The highest BCUT2D eigenvalue weighted by Crippen LogP contribution is 2.39. The lowest BCUT2D eigenvalue weighted by molar-refractivity contribution is 0.172. The third-order valence-corrected chi connectivity index (χ3v) is 3.93. The number of methoxy groups -OCH3 is 1. The minimum atomic E-state index is -0.569. The lowest BCUT2D eigenvalue weighted by atomic mass is 9.93. The zero-order chi connectivity index (χ0) is 13.9. The van der Waals surface area contributed by atoms with E-state index < -0.39 is 6.10 Å². The summed E-state index contributed by atoms with van der Waals surface area (Å²) in [5.74, 6) is 1.14. The van der Waals surface area contributed by atoms with E-state index in [1.165, 1.54) is 0 Å². The molecular formula is C14H22BrNO2. The zero-order valence-electron chi connectivity index (χ0n) is 11.7. The molecule has 0 aliphatic heterocycles. The Balaban J connectivity index is 3.45. The first-order valence-corrected chi connectivity index (χ1v) is 6.92. The monoisotopic (exact) mass is 315 g/mol. The van der Waals surface area contributed by atoms with Gasteiger partial charge >= 0.3 is 0 Å². The van der Waals surface area contributed by atoms with E-state index in [0.717, 1.165) is 26.9 Å². The van der Waals surface area contributed by atoms with Crippen molar-refractivity contribution in [3.63, 3.8) is 0 Å². The van der Waals surface area contributed by atoms with Crippen LogP contribution in [0.3, 0.4) is 0 Å². The molecule has 4 heteroatoms. The number of nitrogens with one attached hydrogen (secondary N) is 1. The summed E-state index contributed by atoms with van der Waals surface area (Å²) in [4.78, 5) is 0. The number of hydrogen-bond acceptors (Lipinski definition) is 3.